The summed E-state index contributed by atoms with van der Waals surface area (Å²) in [7, 11) is 2.00. The van der Waals surface area contributed by atoms with Crippen LogP contribution < -0.4 is 15.6 Å². The van der Waals surface area contributed by atoms with Gasteiger partial charge in [-0.15, -0.1) is 0 Å². The van der Waals surface area contributed by atoms with Gasteiger partial charge in [0, 0.05) is 54.3 Å². The van der Waals surface area contributed by atoms with Gasteiger partial charge in [0.2, 0.25) is 0 Å². The summed E-state index contributed by atoms with van der Waals surface area (Å²) in [5.74, 6) is -1.38. The van der Waals surface area contributed by atoms with Crippen molar-refractivity contribution >= 4 is 16.9 Å². The summed E-state index contributed by atoms with van der Waals surface area (Å²) in [5.41, 5.74) is 2.02. The van der Waals surface area contributed by atoms with Crippen LogP contribution in [0, 0.1) is 0 Å². The van der Waals surface area contributed by atoms with Gasteiger partial charge in [0.25, 0.3) is 5.56 Å². The molecule has 8 heteroatoms. The van der Waals surface area contributed by atoms with Gasteiger partial charge in [-0.3, -0.25) is 4.79 Å². The van der Waals surface area contributed by atoms with Crippen LogP contribution in [-0.2, 0) is 20.0 Å². The summed E-state index contributed by atoms with van der Waals surface area (Å²) >= 11 is 0. The average Bonchev–Trinajstić information content (AvgIpc) is 2.94. The van der Waals surface area contributed by atoms with E-state index in [1.165, 1.54) is 0 Å². The molecule has 1 aromatic carbocycles. The van der Waals surface area contributed by atoms with Crippen molar-refractivity contribution in [3.8, 4) is 22.8 Å². The second-order valence-electron chi connectivity index (χ2n) is 8.26. The molecular weight excluding hydrogens is 398 g/mol. The minimum atomic E-state index is -1.46. The molecule has 4 N–H and O–H groups in total. The van der Waals surface area contributed by atoms with Gasteiger partial charge < -0.3 is 29.8 Å². The molecule has 0 spiro atoms. The molecule has 0 fully saturated rings. The van der Waals surface area contributed by atoms with Crippen LogP contribution in [0.15, 0.2) is 23.0 Å². The third-order valence-corrected chi connectivity index (χ3v) is 6.08. The number of carboxylic acid groups (broad SMARTS) is 1. The molecule has 2 unspecified atom stereocenters. The van der Waals surface area contributed by atoms with E-state index in [2.05, 4.69) is 34.8 Å². The highest BCUT2D eigenvalue weighted by Gasteiger charge is 2.29. The Kier molecular flexibility index (Phi) is 5.26. The number of aromatic nitrogens is 2. The lowest BCUT2D eigenvalue weighted by Crippen LogP contribution is -2.25. The zero-order valence-electron chi connectivity index (χ0n) is 18.1. The van der Waals surface area contributed by atoms with Crippen molar-refractivity contribution in [3.63, 3.8) is 0 Å². The molecule has 0 saturated heterocycles. The largest absolute Gasteiger partial charge is 0.506 e. The van der Waals surface area contributed by atoms with Crippen molar-refractivity contribution in [3.05, 3.63) is 45.4 Å². The highest BCUT2D eigenvalue weighted by molar-refractivity contribution is 5.94. The van der Waals surface area contributed by atoms with Crippen LogP contribution >= 0.6 is 0 Å². The molecule has 3 aromatic rings. The predicted octanol–water partition coefficient (Wildman–Crippen LogP) is 3.15. The lowest BCUT2D eigenvalue weighted by molar-refractivity contribution is 0.0691. The Morgan fingerprint density at radius 1 is 1.39 bits per heavy atom. The van der Waals surface area contributed by atoms with Crippen LogP contribution in [0.1, 0.15) is 48.8 Å². The number of hydrogen-bond donors (Lipinski definition) is 4. The highest BCUT2D eigenvalue weighted by atomic mass is 16.5. The van der Waals surface area contributed by atoms with E-state index in [0.29, 0.717) is 28.6 Å². The first kappa shape index (κ1) is 21.0. The zero-order valence-corrected chi connectivity index (χ0v) is 18.1. The van der Waals surface area contributed by atoms with E-state index in [0.717, 1.165) is 29.6 Å². The highest BCUT2D eigenvalue weighted by Crippen LogP contribution is 2.41. The minimum Gasteiger partial charge on any atom is -0.506 e. The number of ether oxygens (including phenoxy) is 1. The van der Waals surface area contributed by atoms with Crippen molar-refractivity contribution in [1.82, 2.24) is 14.9 Å². The first-order valence-electron chi connectivity index (χ1n) is 10.4. The van der Waals surface area contributed by atoms with Crippen molar-refractivity contribution in [2.24, 2.45) is 7.05 Å². The number of aromatic hydroxyl groups is 1. The molecular formula is C23H27N3O5. The van der Waals surface area contributed by atoms with Crippen molar-refractivity contribution < 1.29 is 19.7 Å². The lowest BCUT2D eigenvalue weighted by atomic mass is 9.98. The maximum absolute atomic E-state index is 12.4. The first-order valence-corrected chi connectivity index (χ1v) is 10.4. The van der Waals surface area contributed by atoms with Crippen LogP contribution in [0.5, 0.6) is 11.5 Å². The van der Waals surface area contributed by atoms with Crippen molar-refractivity contribution in [1.29, 1.82) is 0 Å². The van der Waals surface area contributed by atoms with Gasteiger partial charge >= 0.3 is 5.97 Å². The number of nitrogens with one attached hydrogen (secondary N) is 2. The van der Waals surface area contributed by atoms with Crippen molar-refractivity contribution in [2.75, 3.05) is 0 Å². The summed E-state index contributed by atoms with van der Waals surface area (Å²) in [4.78, 5) is 26.5. The van der Waals surface area contributed by atoms with Crippen LogP contribution in [-0.4, -0.2) is 37.9 Å². The normalized spacial score (nSPS) is 16.3. The molecule has 3 heterocycles. The van der Waals surface area contributed by atoms with Gasteiger partial charge in [-0.25, -0.2) is 4.79 Å². The second-order valence-corrected chi connectivity index (χ2v) is 8.26. The number of pyridine rings is 1. The number of fused-ring (bicyclic) bond motifs is 4. The Bertz CT molecular complexity index is 1240. The SMILES string of the molecule is CCC(C)NCc1cc2cc3c(cc2n1C)OC(C)Cc1c-3[nH]c(=O)c(C(=O)O)c1O. The summed E-state index contributed by atoms with van der Waals surface area (Å²) < 4.78 is 8.22. The summed E-state index contributed by atoms with van der Waals surface area (Å²) in [6, 6.07) is 6.35. The third-order valence-electron chi connectivity index (χ3n) is 6.08. The van der Waals surface area contributed by atoms with Gasteiger partial charge in [-0.1, -0.05) is 6.92 Å². The number of carboxylic acids is 1. The Labute approximate surface area is 179 Å². The van der Waals surface area contributed by atoms with E-state index in [9.17, 15) is 19.8 Å². The third kappa shape index (κ3) is 3.57. The van der Waals surface area contributed by atoms with E-state index in [1.54, 1.807) is 0 Å². The Hall–Kier alpha value is -3.26. The van der Waals surface area contributed by atoms with Gasteiger partial charge in [0.15, 0.2) is 5.56 Å². The first-order chi connectivity index (χ1) is 14.7. The number of nitrogens with zero attached hydrogens (tertiary/aromatic N) is 1. The molecule has 0 saturated carbocycles. The fourth-order valence-corrected chi connectivity index (χ4v) is 4.11. The average molecular weight is 425 g/mol. The number of benzene rings is 1. The van der Waals surface area contributed by atoms with E-state index < -0.39 is 22.8 Å². The van der Waals surface area contributed by atoms with Crippen LogP contribution in [0.25, 0.3) is 22.2 Å². The molecule has 31 heavy (non-hydrogen) atoms. The molecule has 0 radical (unpaired) electrons. The molecule has 0 bridgehead atoms. The van der Waals surface area contributed by atoms with Crippen LogP contribution in [0.2, 0.25) is 0 Å². The second kappa shape index (κ2) is 7.77. The van der Waals surface area contributed by atoms with E-state index in [4.69, 9.17) is 4.74 Å². The fraction of sp³-hybridized carbons (Fsp3) is 0.391. The van der Waals surface area contributed by atoms with Gasteiger partial charge in [0.05, 0.1) is 11.2 Å². The van der Waals surface area contributed by atoms with E-state index >= 15 is 0 Å². The van der Waals surface area contributed by atoms with E-state index in [1.807, 2.05) is 26.1 Å². The zero-order chi connectivity index (χ0) is 22.4. The number of aromatic carboxylic acids is 1. The molecule has 1 aliphatic rings. The van der Waals surface area contributed by atoms with Gasteiger partial charge in [-0.05, 0) is 32.4 Å². The predicted molar refractivity (Wildman–Crippen MR) is 118 cm³/mol. The topological polar surface area (TPSA) is 117 Å². The Morgan fingerprint density at radius 3 is 2.81 bits per heavy atom. The molecule has 2 atom stereocenters. The fourth-order valence-electron chi connectivity index (χ4n) is 4.11. The molecule has 0 amide bonds. The molecule has 2 aromatic heterocycles. The molecule has 164 valence electrons. The summed E-state index contributed by atoms with van der Waals surface area (Å²) in [6.45, 7) is 6.85. The van der Waals surface area contributed by atoms with Gasteiger partial charge in [0.1, 0.15) is 17.6 Å². The van der Waals surface area contributed by atoms with Crippen LogP contribution in [0.4, 0.5) is 0 Å². The number of aromatic amines is 1. The Morgan fingerprint density at radius 2 is 2.13 bits per heavy atom. The summed E-state index contributed by atoms with van der Waals surface area (Å²) in [6.07, 6.45) is 0.992. The minimum absolute atomic E-state index is 0.271. The maximum atomic E-state index is 12.4. The molecule has 8 nitrogen and oxygen atoms in total. The van der Waals surface area contributed by atoms with Crippen LogP contribution in [0.3, 0.4) is 0 Å². The molecule has 0 aliphatic carbocycles. The van der Waals surface area contributed by atoms with Crippen molar-refractivity contribution in [2.45, 2.75) is 52.3 Å². The summed E-state index contributed by atoms with van der Waals surface area (Å²) in [5, 5.41) is 24.4. The molecule has 4 rings (SSSR count). The quantitative estimate of drug-likeness (QED) is 0.499. The number of aryl methyl sites for hydroxylation is 1. The maximum Gasteiger partial charge on any atom is 0.345 e. The number of carbonyl (C=O) groups is 1. The smallest absolute Gasteiger partial charge is 0.345 e. The number of H-pyrrole nitrogens is 1. The lowest BCUT2D eigenvalue weighted by Gasteiger charge is -2.14. The van der Waals surface area contributed by atoms with E-state index in [-0.39, 0.29) is 12.5 Å². The standard InChI is InChI=1S/C23H27N3O5/c1-5-11(2)24-10-14-7-13-8-15-18(9-17(13)26(14)4)31-12(3)6-16-20(15)25-22(28)19(21(16)27)23(29)30/h7-9,11-12,24H,5-6,10H2,1-4H3,(H,29,30)(H2,25,27,28). The van der Waals surface area contributed by atoms with Gasteiger partial charge in [-0.2, -0.15) is 0 Å². The number of rotatable bonds is 5. The molecule has 1 aliphatic heterocycles. The number of hydrogen-bond acceptors (Lipinski definition) is 5. The monoisotopic (exact) mass is 425 g/mol. The Balaban J connectivity index is 1.90.